The van der Waals surface area contributed by atoms with E-state index >= 15 is 0 Å². The minimum Gasteiger partial charge on any atom is -0.339 e. The van der Waals surface area contributed by atoms with Crippen LogP contribution < -0.4 is 0 Å². The number of hydrogen-bond acceptors (Lipinski definition) is 7. The van der Waals surface area contributed by atoms with Crippen molar-refractivity contribution in [3.05, 3.63) is 46.1 Å². The summed E-state index contributed by atoms with van der Waals surface area (Å²) in [4.78, 5) is 26.8. The Bertz CT molecular complexity index is 1330. The molecule has 1 aliphatic heterocycles. The Morgan fingerprint density at radius 2 is 1.74 bits per heavy atom. The van der Waals surface area contributed by atoms with Crippen molar-refractivity contribution in [3.63, 3.8) is 0 Å². The van der Waals surface area contributed by atoms with E-state index < -0.39 is 10.0 Å². The summed E-state index contributed by atoms with van der Waals surface area (Å²) in [5.41, 5.74) is 2.39. The van der Waals surface area contributed by atoms with Crippen molar-refractivity contribution in [2.24, 2.45) is 0 Å². The maximum atomic E-state index is 13.0. The Balaban J connectivity index is 1.24. The van der Waals surface area contributed by atoms with Gasteiger partial charge in [-0.15, -0.1) is 11.3 Å². The number of aromatic nitrogens is 2. The molecule has 0 N–H and O–H groups in total. The first-order valence-corrected chi connectivity index (χ1v) is 14.8. The van der Waals surface area contributed by atoms with Crippen molar-refractivity contribution in [1.29, 1.82) is 0 Å². The van der Waals surface area contributed by atoms with E-state index in [-0.39, 0.29) is 5.91 Å². The Morgan fingerprint density at radius 3 is 2.47 bits per heavy atom. The average Bonchev–Trinajstić information content (AvgIpc) is 3.21. The lowest BCUT2D eigenvalue weighted by molar-refractivity contribution is -0.129. The summed E-state index contributed by atoms with van der Waals surface area (Å²) in [6.45, 7) is 5.24. The Morgan fingerprint density at radius 1 is 1.03 bits per heavy atom. The molecule has 34 heavy (non-hydrogen) atoms. The van der Waals surface area contributed by atoms with Gasteiger partial charge in [0.15, 0.2) is 0 Å². The van der Waals surface area contributed by atoms with Gasteiger partial charge in [0.25, 0.3) is 0 Å². The number of thiophene rings is 1. The fraction of sp³-hybridized carbons (Fsp3) is 0.458. The molecular weight excluding hydrogens is 488 g/mol. The lowest BCUT2D eigenvalue weighted by Gasteiger charge is -2.34. The van der Waals surface area contributed by atoms with Crippen LogP contribution in [0.4, 0.5) is 0 Å². The van der Waals surface area contributed by atoms with E-state index in [2.05, 4.69) is 9.97 Å². The van der Waals surface area contributed by atoms with E-state index in [0.29, 0.717) is 36.8 Å². The molecule has 3 aromatic rings. The quantitative estimate of drug-likeness (QED) is 0.379. The monoisotopic (exact) mass is 516 g/mol. The summed E-state index contributed by atoms with van der Waals surface area (Å²) in [5, 5.41) is 2.04. The van der Waals surface area contributed by atoms with E-state index in [1.807, 2.05) is 13.8 Å². The number of benzene rings is 1. The number of carbonyl (C=O) groups excluding carboxylic acids is 1. The molecule has 0 unspecified atom stereocenters. The number of aryl methyl sites for hydroxylation is 4. The van der Waals surface area contributed by atoms with Gasteiger partial charge < -0.3 is 4.90 Å². The van der Waals surface area contributed by atoms with Crippen LogP contribution in [-0.2, 0) is 27.7 Å². The summed E-state index contributed by atoms with van der Waals surface area (Å²) in [5.74, 6) is 1.04. The smallest absolute Gasteiger partial charge is 0.243 e. The minimum atomic E-state index is -3.54. The molecule has 180 valence electrons. The number of fused-ring (bicyclic) bond motifs is 3. The van der Waals surface area contributed by atoms with Crippen LogP contribution in [0.5, 0.6) is 0 Å². The number of hydrogen-bond donors (Lipinski definition) is 0. The van der Waals surface area contributed by atoms with Gasteiger partial charge in [0.1, 0.15) is 15.7 Å². The van der Waals surface area contributed by atoms with Crippen LogP contribution in [0.2, 0.25) is 0 Å². The molecule has 2 aromatic heterocycles. The highest BCUT2D eigenvalue weighted by atomic mass is 32.2. The van der Waals surface area contributed by atoms with Crippen LogP contribution in [0.15, 0.2) is 34.2 Å². The first-order chi connectivity index (χ1) is 16.3. The molecule has 1 amide bonds. The van der Waals surface area contributed by atoms with Gasteiger partial charge in [0, 0.05) is 36.4 Å². The second kappa shape index (κ2) is 9.56. The van der Waals surface area contributed by atoms with E-state index in [0.717, 1.165) is 39.5 Å². The van der Waals surface area contributed by atoms with Crippen LogP contribution in [0.1, 0.15) is 34.7 Å². The average molecular weight is 517 g/mol. The van der Waals surface area contributed by atoms with E-state index in [1.165, 1.54) is 39.3 Å². The molecule has 2 aliphatic rings. The maximum absolute atomic E-state index is 13.0. The molecular formula is C24H28N4O3S3. The first kappa shape index (κ1) is 23.7. The lowest BCUT2D eigenvalue weighted by Crippen LogP contribution is -2.50. The Hall–Kier alpha value is -2.01. The van der Waals surface area contributed by atoms with Crippen molar-refractivity contribution in [1.82, 2.24) is 19.2 Å². The molecule has 0 bridgehead atoms. The van der Waals surface area contributed by atoms with Crippen LogP contribution in [0, 0.1) is 13.8 Å². The number of nitrogens with zero attached hydrogens (tertiary/aromatic N) is 4. The minimum absolute atomic E-state index is 0.0193. The summed E-state index contributed by atoms with van der Waals surface area (Å²) in [6.07, 6.45) is 4.57. The highest BCUT2D eigenvalue weighted by Crippen LogP contribution is 2.39. The molecule has 1 fully saturated rings. The van der Waals surface area contributed by atoms with Crippen LogP contribution in [0.3, 0.4) is 0 Å². The number of carbonyl (C=O) groups is 1. The van der Waals surface area contributed by atoms with Crippen LogP contribution >= 0.6 is 23.1 Å². The second-order valence-corrected chi connectivity index (χ2v) is 12.8. The fourth-order valence-electron chi connectivity index (χ4n) is 4.59. The first-order valence-electron chi connectivity index (χ1n) is 11.6. The number of amides is 1. The summed E-state index contributed by atoms with van der Waals surface area (Å²) in [6, 6.07) is 6.90. The Labute approximate surface area is 208 Å². The second-order valence-electron chi connectivity index (χ2n) is 8.85. The topological polar surface area (TPSA) is 83.5 Å². The number of rotatable bonds is 5. The number of piperazine rings is 1. The number of sulfonamides is 1. The van der Waals surface area contributed by atoms with Crippen molar-refractivity contribution in [3.8, 4) is 0 Å². The highest BCUT2D eigenvalue weighted by Gasteiger charge is 2.30. The summed E-state index contributed by atoms with van der Waals surface area (Å²) < 4.78 is 27.4. The molecule has 0 saturated carbocycles. The van der Waals surface area contributed by atoms with Gasteiger partial charge in [-0.2, -0.15) is 4.31 Å². The highest BCUT2D eigenvalue weighted by molar-refractivity contribution is 8.00. The lowest BCUT2D eigenvalue weighted by atomic mass is 9.97. The zero-order valence-corrected chi connectivity index (χ0v) is 21.9. The molecule has 0 radical (unpaired) electrons. The molecule has 0 spiro atoms. The molecule has 10 heteroatoms. The third-order valence-corrected chi connectivity index (χ3v) is 10.5. The van der Waals surface area contributed by atoms with Crippen molar-refractivity contribution in [2.45, 2.75) is 49.5 Å². The van der Waals surface area contributed by atoms with E-state index in [1.54, 1.807) is 40.5 Å². The third kappa shape index (κ3) is 4.60. The zero-order chi connectivity index (χ0) is 23.9. The zero-order valence-electron chi connectivity index (χ0n) is 19.4. The van der Waals surface area contributed by atoms with Gasteiger partial charge in [0.05, 0.1) is 10.6 Å². The van der Waals surface area contributed by atoms with Gasteiger partial charge >= 0.3 is 0 Å². The molecule has 7 nitrogen and oxygen atoms in total. The van der Waals surface area contributed by atoms with Crippen molar-refractivity contribution < 1.29 is 13.2 Å². The van der Waals surface area contributed by atoms with Crippen molar-refractivity contribution >= 4 is 49.2 Å². The number of thioether (sulfide) groups is 1. The predicted octanol–water partition coefficient (Wildman–Crippen LogP) is 3.81. The molecule has 1 aliphatic carbocycles. The molecule has 1 aromatic carbocycles. The van der Waals surface area contributed by atoms with E-state index in [9.17, 15) is 13.2 Å². The van der Waals surface area contributed by atoms with Crippen LogP contribution in [0.25, 0.3) is 10.2 Å². The predicted molar refractivity (Wildman–Crippen MR) is 136 cm³/mol. The standard InChI is InChI=1S/C24H28N4O3S3/c1-16-7-9-18(10-8-16)34(30,31)28-13-11-27(12-14-28)21(29)15-32-23-22-19-5-3-4-6-20(19)33-24(22)26-17(2)25-23/h7-10H,3-6,11-15H2,1-2H3. The van der Waals surface area contributed by atoms with Gasteiger partial charge in [-0.1, -0.05) is 29.5 Å². The van der Waals surface area contributed by atoms with Gasteiger partial charge in [0.2, 0.25) is 15.9 Å². The third-order valence-electron chi connectivity index (χ3n) is 6.48. The van der Waals surface area contributed by atoms with Crippen LogP contribution in [-0.4, -0.2) is 65.4 Å². The molecule has 3 heterocycles. The fourth-order valence-corrected chi connectivity index (χ4v) is 8.39. The maximum Gasteiger partial charge on any atom is 0.243 e. The van der Waals surface area contributed by atoms with Gasteiger partial charge in [-0.05, 0) is 57.2 Å². The molecule has 0 atom stereocenters. The SMILES string of the molecule is Cc1ccc(S(=O)(=O)N2CCN(C(=O)CSc3nc(C)nc4sc5c(c34)CCCC5)CC2)cc1. The molecule has 1 saturated heterocycles. The summed E-state index contributed by atoms with van der Waals surface area (Å²) >= 11 is 3.25. The van der Waals surface area contributed by atoms with Crippen molar-refractivity contribution in [2.75, 3.05) is 31.9 Å². The van der Waals surface area contributed by atoms with E-state index in [4.69, 9.17) is 0 Å². The van der Waals surface area contributed by atoms with Gasteiger partial charge in [-0.25, -0.2) is 18.4 Å². The van der Waals surface area contributed by atoms with Gasteiger partial charge in [-0.3, -0.25) is 4.79 Å². The molecule has 5 rings (SSSR count). The Kier molecular flexibility index (Phi) is 6.67. The normalized spacial score (nSPS) is 17.2. The summed E-state index contributed by atoms with van der Waals surface area (Å²) in [7, 11) is -3.54. The largest absolute Gasteiger partial charge is 0.339 e.